The fourth-order valence-corrected chi connectivity index (χ4v) is 1.87. The normalized spacial score (nSPS) is 11.9. The highest BCUT2D eigenvalue weighted by Gasteiger charge is 2.17. The molecule has 0 saturated carbocycles. The third-order valence-corrected chi connectivity index (χ3v) is 3.44. The zero-order valence-electron chi connectivity index (χ0n) is 14.5. The van der Waals surface area contributed by atoms with E-state index in [9.17, 15) is 9.59 Å². The van der Waals surface area contributed by atoms with Crippen LogP contribution >= 0.6 is 0 Å². The number of hydrogen-bond acceptors (Lipinski definition) is 5. The molecular weight excluding hydrogens is 310 g/mol. The number of carbonyl (C=O) groups is 2. The molecule has 1 rings (SSSR count). The van der Waals surface area contributed by atoms with E-state index in [0.29, 0.717) is 25.5 Å². The van der Waals surface area contributed by atoms with Crippen LogP contribution in [0.1, 0.15) is 19.4 Å². The van der Waals surface area contributed by atoms with E-state index in [1.54, 1.807) is 7.11 Å². The first-order valence-corrected chi connectivity index (χ1v) is 7.95. The molecule has 0 saturated heterocycles. The molecule has 7 nitrogen and oxygen atoms in total. The minimum Gasteiger partial charge on any atom is -0.491 e. The molecular formula is C17H27N3O4. The van der Waals surface area contributed by atoms with Gasteiger partial charge in [0.05, 0.1) is 19.2 Å². The Bertz CT molecular complexity index is 534. The van der Waals surface area contributed by atoms with Gasteiger partial charge in [-0.1, -0.05) is 32.0 Å². The second kappa shape index (κ2) is 10.6. The summed E-state index contributed by atoms with van der Waals surface area (Å²) in [5.74, 6) is 0.0966. The first-order valence-electron chi connectivity index (χ1n) is 7.95. The van der Waals surface area contributed by atoms with E-state index in [1.807, 2.05) is 38.1 Å². The van der Waals surface area contributed by atoms with Crippen LogP contribution in [0.3, 0.4) is 0 Å². The van der Waals surface area contributed by atoms with Crippen LogP contribution < -0.4 is 21.1 Å². The maximum absolute atomic E-state index is 11.9. The zero-order valence-corrected chi connectivity index (χ0v) is 14.5. The fraction of sp³-hybridized carbons (Fsp3) is 0.529. The summed E-state index contributed by atoms with van der Waals surface area (Å²) < 4.78 is 10.6. The highest BCUT2D eigenvalue weighted by atomic mass is 16.5. The molecule has 0 aliphatic rings. The summed E-state index contributed by atoms with van der Waals surface area (Å²) >= 11 is 0. The minimum atomic E-state index is -0.618. The fourth-order valence-electron chi connectivity index (χ4n) is 1.87. The van der Waals surface area contributed by atoms with E-state index >= 15 is 0 Å². The molecule has 0 aliphatic carbocycles. The summed E-state index contributed by atoms with van der Waals surface area (Å²) in [5, 5.41) is 5.28. The summed E-state index contributed by atoms with van der Waals surface area (Å²) in [7, 11) is 1.61. The standard InChI is InChI=1S/C17H27N3O4/c1-12(2)16(18)17(22)20-11-15(21)19-10-13-6-4-5-7-14(13)24-9-8-23-3/h4-7,12,16H,8-11,18H2,1-3H3,(H,19,21)(H,20,22)/t16-/m0/s1. The average molecular weight is 337 g/mol. The van der Waals surface area contributed by atoms with Gasteiger partial charge in [-0.05, 0) is 12.0 Å². The van der Waals surface area contributed by atoms with Crippen molar-refractivity contribution < 1.29 is 19.1 Å². The largest absolute Gasteiger partial charge is 0.491 e. The molecule has 4 N–H and O–H groups in total. The van der Waals surface area contributed by atoms with E-state index < -0.39 is 6.04 Å². The van der Waals surface area contributed by atoms with Crippen LogP contribution in [0, 0.1) is 5.92 Å². The number of nitrogens with two attached hydrogens (primary N) is 1. The Morgan fingerprint density at radius 2 is 1.88 bits per heavy atom. The van der Waals surface area contributed by atoms with E-state index in [4.69, 9.17) is 15.2 Å². The summed E-state index contributed by atoms with van der Waals surface area (Å²) in [6, 6.07) is 6.82. The van der Waals surface area contributed by atoms with Crippen molar-refractivity contribution in [2.75, 3.05) is 26.9 Å². The van der Waals surface area contributed by atoms with Gasteiger partial charge in [0, 0.05) is 19.2 Å². The van der Waals surface area contributed by atoms with Gasteiger partial charge in [0.2, 0.25) is 11.8 Å². The number of carbonyl (C=O) groups excluding carboxylic acids is 2. The number of ether oxygens (including phenoxy) is 2. The molecule has 1 aromatic rings. The minimum absolute atomic E-state index is 0.0178. The lowest BCUT2D eigenvalue weighted by molar-refractivity contribution is -0.127. The predicted octanol–water partition coefficient (Wildman–Crippen LogP) is 0.428. The molecule has 0 heterocycles. The summed E-state index contributed by atoms with van der Waals surface area (Å²) in [6.07, 6.45) is 0. The first kappa shape index (κ1) is 19.9. The van der Waals surface area contributed by atoms with Crippen molar-refractivity contribution >= 4 is 11.8 Å². The lowest BCUT2D eigenvalue weighted by atomic mass is 10.1. The molecule has 0 spiro atoms. The Balaban J connectivity index is 2.43. The molecule has 0 unspecified atom stereocenters. The van der Waals surface area contributed by atoms with Gasteiger partial charge in [-0.3, -0.25) is 9.59 Å². The Labute approximate surface area is 142 Å². The van der Waals surface area contributed by atoms with Crippen molar-refractivity contribution in [2.24, 2.45) is 11.7 Å². The summed E-state index contributed by atoms with van der Waals surface area (Å²) in [4.78, 5) is 23.6. The van der Waals surface area contributed by atoms with Crippen LogP contribution in [0.15, 0.2) is 24.3 Å². The number of benzene rings is 1. The Hall–Kier alpha value is -2.12. The predicted molar refractivity (Wildman–Crippen MR) is 91.5 cm³/mol. The van der Waals surface area contributed by atoms with Crippen LogP contribution in [0.2, 0.25) is 0 Å². The molecule has 1 atom stereocenters. The Morgan fingerprint density at radius 3 is 2.54 bits per heavy atom. The maximum atomic E-state index is 11.9. The summed E-state index contributed by atoms with van der Waals surface area (Å²) in [6.45, 7) is 4.84. The van der Waals surface area contributed by atoms with Gasteiger partial charge >= 0.3 is 0 Å². The molecule has 7 heteroatoms. The smallest absolute Gasteiger partial charge is 0.239 e. The number of methoxy groups -OCH3 is 1. The van der Waals surface area contributed by atoms with Gasteiger partial charge in [-0.25, -0.2) is 0 Å². The Morgan fingerprint density at radius 1 is 1.17 bits per heavy atom. The van der Waals surface area contributed by atoms with Gasteiger partial charge in [0.1, 0.15) is 12.4 Å². The number of rotatable bonds is 10. The lowest BCUT2D eigenvalue weighted by Crippen LogP contribution is -2.47. The molecule has 0 aromatic heterocycles. The highest BCUT2D eigenvalue weighted by Crippen LogP contribution is 2.17. The van der Waals surface area contributed by atoms with Gasteiger partial charge in [-0.2, -0.15) is 0 Å². The van der Waals surface area contributed by atoms with E-state index in [1.165, 1.54) is 0 Å². The third kappa shape index (κ3) is 6.97. The number of hydrogen-bond donors (Lipinski definition) is 3. The summed E-state index contributed by atoms with van der Waals surface area (Å²) in [5.41, 5.74) is 6.57. The van der Waals surface area contributed by atoms with Crippen LogP contribution in [0.4, 0.5) is 0 Å². The lowest BCUT2D eigenvalue weighted by Gasteiger charge is -2.15. The van der Waals surface area contributed by atoms with Crippen molar-refractivity contribution in [1.29, 1.82) is 0 Å². The Kier molecular flexibility index (Phi) is 8.81. The van der Waals surface area contributed by atoms with Crippen molar-refractivity contribution in [1.82, 2.24) is 10.6 Å². The van der Waals surface area contributed by atoms with Crippen LogP contribution in [-0.4, -0.2) is 44.7 Å². The second-order valence-electron chi connectivity index (χ2n) is 5.71. The second-order valence-corrected chi connectivity index (χ2v) is 5.71. The van der Waals surface area contributed by atoms with E-state index in [-0.39, 0.29) is 24.3 Å². The average Bonchev–Trinajstić information content (AvgIpc) is 2.58. The SMILES string of the molecule is COCCOc1ccccc1CNC(=O)CNC(=O)[C@@H](N)C(C)C. The molecule has 0 aliphatic heterocycles. The van der Waals surface area contributed by atoms with Gasteiger partial charge in [0.25, 0.3) is 0 Å². The van der Waals surface area contributed by atoms with E-state index in [0.717, 1.165) is 5.56 Å². The third-order valence-electron chi connectivity index (χ3n) is 3.44. The van der Waals surface area contributed by atoms with Crippen molar-refractivity contribution in [3.05, 3.63) is 29.8 Å². The van der Waals surface area contributed by atoms with Crippen molar-refractivity contribution in [3.63, 3.8) is 0 Å². The van der Waals surface area contributed by atoms with Crippen molar-refractivity contribution in [2.45, 2.75) is 26.4 Å². The molecule has 1 aromatic carbocycles. The van der Waals surface area contributed by atoms with Crippen LogP contribution in [-0.2, 0) is 20.9 Å². The van der Waals surface area contributed by atoms with Crippen molar-refractivity contribution in [3.8, 4) is 5.75 Å². The quantitative estimate of drug-likeness (QED) is 0.537. The highest BCUT2D eigenvalue weighted by molar-refractivity contribution is 5.87. The van der Waals surface area contributed by atoms with E-state index in [2.05, 4.69) is 10.6 Å². The molecule has 2 amide bonds. The molecule has 0 fully saturated rings. The zero-order chi connectivity index (χ0) is 17.9. The monoisotopic (exact) mass is 337 g/mol. The molecule has 0 bridgehead atoms. The van der Waals surface area contributed by atoms with Gasteiger partial charge < -0.3 is 25.8 Å². The molecule has 0 radical (unpaired) electrons. The number of nitrogens with one attached hydrogen (secondary N) is 2. The van der Waals surface area contributed by atoms with Crippen LogP contribution in [0.25, 0.3) is 0 Å². The van der Waals surface area contributed by atoms with Gasteiger partial charge in [0.15, 0.2) is 0 Å². The molecule has 134 valence electrons. The maximum Gasteiger partial charge on any atom is 0.239 e. The number of amides is 2. The first-order chi connectivity index (χ1) is 11.5. The van der Waals surface area contributed by atoms with Gasteiger partial charge in [-0.15, -0.1) is 0 Å². The topological polar surface area (TPSA) is 103 Å². The molecule has 24 heavy (non-hydrogen) atoms. The van der Waals surface area contributed by atoms with Crippen LogP contribution in [0.5, 0.6) is 5.75 Å². The number of para-hydroxylation sites is 1.